The number of ether oxygens (including phenoxy) is 1. The van der Waals surface area contributed by atoms with Crippen LogP contribution in [0.2, 0.25) is 0 Å². The molecule has 4 aromatic carbocycles. The van der Waals surface area contributed by atoms with Gasteiger partial charge in [0.25, 0.3) is 0 Å². The van der Waals surface area contributed by atoms with E-state index >= 15 is 0 Å². The first kappa shape index (κ1) is 18.8. The molecule has 0 aliphatic rings. The fraction of sp³-hybridized carbons (Fsp3) is 0.0714. The highest BCUT2D eigenvalue weighted by Crippen LogP contribution is 2.37. The molecule has 0 heterocycles. The Morgan fingerprint density at radius 2 is 0.828 bits per heavy atom. The Bertz CT molecular complexity index is 1020. The maximum atomic E-state index is 5.66. The zero-order valence-electron chi connectivity index (χ0n) is 16.6. The molecule has 0 aliphatic carbocycles. The van der Waals surface area contributed by atoms with Crippen LogP contribution >= 0.6 is 0 Å². The monoisotopic (exact) mass is 376 g/mol. The Morgan fingerprint density at radius 3 is 1.17 bits per heavy atom. The number of hydrogen-bond donors (Lipinski definition) is 0. The van der Waals surface area contributed by atoms with Crippen LogP contribution in [0.5, 0.6) is 5.75 Å². The van der Waals surface area contributed by atoms with Crippen molar-refractivity contribution >= 4 is 11.1 Å². The fourth-order valence-electron chi connectivity index (χ4n) is 3.61. The molecule has 0 spiro atoms. The lowest BCUT2D eigenvalue weighted by atomic mass is 9.86. The van der Waals surface area contributed by atoms with Gasteiger partial charge in [-0.25, -0.2) is 0 Å². The van der Waals surface area contributed by atoms with Crippen molar-refractivity contribution in [2.45, 2.75) is 6.92 Å². The molecule has 4 rings (SSSR count). The molecule has 142 valence electrons. The second-order valence-corrected chi connectivity index (χ2v) is 6.81. The molecule has 0 atom stereocenters. The number of rotatable bonds is 6. The Morgan fingerprint density at radius 1 is 0.483 bits per heavy atom. The van der Waals surface area contributed by atoms with Crippen molar-refractivity contribution in [3.05, 3.63) is 138 Å². The summed E-state index contributed by atoms with van der Waals surface area (Å²) in [6, 6.07) is 40.2. The summed E-state index contributed by atoms with van der Waals surface area (Å²) in [5.74, 6) is 0.893. The molecule has 1 heteroatoms. The summed E-state index contributed by atoms with van der Waals surface area (Å²) in [6.07, 6.45) is 0. The maximum absolute atomic E-state index is 5.66. The van der Waals surface area contributed by atoms with Gasteiger partial charge in [0.1, 0.15) is 5.75 Å². The van der Waals surface area contributed by atoms with Crippen molar-refractivity contribution in [3.8, 4) is 5.75 Å². The minimum absolute atomic E-state index is 0.667. The standard InChI is InChI=1S/C28H24O/c1-2-29-26-20-18-25(19-21-26)28(24-16-10-5-11-17-24)27(22-12-6-3-7-13-22)23-14-8-4-9-15-23/h3-21H,2H2,1H3. The van der Waals surface area contributed by atoms with Gasteiger partial charge in [-0.3, -0.25) is 0 Å². The second kappa shape index (κ2) is 9.07. The molecular weight excluding hydrogens is 352 g/mol. The van der Waals surface area contributed by atoms with Gasteiger partial charge < -0.3 is 4.74 Å². The first-order valence-corrected chi connectivity index (χ1v) is 10.0. The van der Waals surface area contributed by atoms with Crippen LogP contribution in [0.15, 0.2) is 115 Å². The van der Waals surface area contributed by atoms with Crippen molar-refractivity contribution < 1.29 is 4.74 Å². The lowest BCUT2D eigenvalue weighted by molar-refractivity contribution is 0.340. The zero-order valence-corrected chi connectivity index (χ0v) is 16.6. The number of benzene rings is 4. The van der Waals surface area contributed by atoms with Crippen LogP contribution in [0.4, 0.5) is 0 Å². The molecule has 0 saturated carbocycles. The summed E-state index contributed by atoms with van der Waals surface area (Å²) in [4.78, 5) is 0. The van der Waals surface area contributed by atoms with E-state index in [1.165, 1.54) is 33.4 Å². The van der Waals surface area contributed by atoms with Crippen molar-refractivity contribution in [1.29, 1.82) is 0 Å². The van der Waals surface area contributed by atoms with Gasteiger partial charge in [-0.15, -0.1) is 0 Å². The van der Waals surface area contributed by atoms with Crippen LogP contribution < -0.4 is 4.74 Å². The third kappa shape index (κ3) is 4.30. The van der Waals surface area contributed by atoms with Gasteiger partial charge in [-0.05, 0) is 52.5 Å². The Balaban J connectivity index is 2.01. The van der Waals surface area contributed by atoms with Crippen LogP contribution in [0.1, 0.15) is 29.2 Å². The van der Waals surface area contributed by atoms with E-state index in [1.807, 2.05) is 6.92 Å². The largest absolute Gasteiger partial charge is 0.494 e. The van der Waals surface area contributed by atoms with E-state index < -0.39 is 0 Å². The lowest BCUT2D eigenvalue weighted by Gasteiger charge is -2.18. The third-order valence-corrected chi connectivity index (χ3v) is 4.89. The van der Waals surface area contributed by atoms with E-state index in [0.29, 0.717) is 6.61 Å². The van der Waals surface area contributed by atoms with Crippen LogP contribution in [0.3, 0.4) is 0 Å². The lowest BCUT2D eigenvalue weighted by Crippen LogP contribution is -1.98. The van der Waals surface area contributed by atoms with Crippen LogP contribution in [-0.4, -0.2) is 6.61 Å². The molecule has 0 unspecified atom stereocenters. The molecule has 4 aromatic rings. The minimum atomic E-state index is 0.667. The van der Waals surface area contributed by atoms with Gasteiger partial charge in [0.15, 0.2) is 0 Å². The third-order valence-electron chi connectivity index (χ3n) is 4.89. The van der Waals surface area contributed by atoms with Gasteiger partial charge in [0.05, 0.1) is 6.61 Å². The van der Waals surface area contributed by atoms with Gasteiger partial charge in [-0.2, -0.15) is 0 Å². The molecule has 0 N–H and O–H groups in total. The summed E-state index contributed by atoms with van der Waals surface area (Å²) in [6.45, 7) is 2.67. The molecule has 1 nitrogen and oxygen atoms in total. The molecule has 0 aliphatic heterocycles. The summed E-state index contributed by atoms with van der Waals surface area (Å²) < 4.78 is 5.66. The normalized spacial score (nSPS) is 10.4. The van der Waals surface area contributed by atoms with Gasteiger partial charge >= 0.3 is 0 Å². The van der Waals surface area contributed by atoms with Crippen molar-refractivity contribution in [2.75, 3.05) is 6.61 Å². The molecule has 29 heavy (non-hydrogen) atoms. The SMILES string of the molecule is CCOc1ccc(C(=C(c2ccccc2)c2ccccc2)c2ccccc2)cc1. The van der Waals surface area contributed by atoms with Crippen molar-refractivity contribution in [1.82, 2.24) is 0 Å². The van der Waals surface area contributed by atoms with Crippen LogP contribution in [0.25, 0.3) is 11.1 Å². The summed E-state index contributed by atoms with van der Waals surface area (Å²) in [7, 11) is 0. The van der Waals surface area contributed by atoms with E-state index in [-0.39, 0.29) is 0 Å². The summed E-state index contributed by atoms with van der Waals surface area (Å²) in [5.41, 5.74) is 7.20. The summed E-state index contributed by atoms with van der Waals surface area (Å²) in [5, 5.41) is 0. The predicted molar refractivity (Wildman–Crippen MR) is 122 cm³/mol. The quantitative estimate of drug-likeness (QED) is 0.326. The van der Waals surface area contributed by atoms with Crippen molar-refractivity contribution in [2.24, 2.45) is 0 Å². The molecule has 0 fully saturated rings. The minimum Gasteiger partial charge on any atom is -0.494 e. The first-order valence-electron chi connectivity index (χ1n) is 10.0. The van der Waals surface area contributed by atoms with Gasteiger partial charge in [0.2, 0.25) is 0 Å². The highest BCUT2D eigenvalue weighted by Gasteiger charge is 2.15. The van der Waals surface area contributed by atoms with Crippen LogP contribution in [0, 0.1) is 0 Å². The average Bonchev–Trinajstić information content (AvgIpc) is 2.80. The zero-order chi connectivity index (χ0) is 19.9. The van der Waals surface area contributed by atoms with E-state index in [0.717, 1.165) is 5.75 Å². The maximum Gasteiger partial charge on any atom is 0.119 e. The van der Waals surface area contributed by atoms with Gasteiger partial charge in [-0.1, -0.05) is 103 Å². The van der Waals surface area contributed by atoms with E-state index in [4.69, 9.17) is 4.74 Å². The van der Waals surface area contributed by atoms with Crippen LogP contribution in [-0.2, 0) is 0 Å². The predicted octanol–water partition coefficient (Wildman–Crippen LogP) is 7.09. The highest BCUT2D eigenvalue weighted by molar-refractivity contribution is 6.04. The van der Waals surface area contributed by atoms with E-state index in [2.05, 4.69) is 115 Å². The molecule has 0 bridgehead atoms. The smallest absolute Gasteiger partial charge is 0.119 e. The molecular formula is C28H24O. The molecule has 0 aromatic heterocycles. The first-order chi connectivity index (χ1) is 14.4. The molecule has 0 saturated heterocycles. The fourth-order valence-corrected chi connectivity index (χ4v) is 3.61. The Kier molecular flexibility index (Phi) is 5.87. The average molecular weight is 376 g/mol. The van der Waals surface area contributed by atoms with Gasteiger partial charge in [0, 0.05) is 0 Å². The topological polar surface area (TPSA) is 9.23 Å². The number of hydrogen-bond acceptors (Lipinski definition) is 1. The Hall–Kier alpha value is -3.58. The highest BCUT2D eigenvalue weighted by atomic mass is 16.5. The summed E-state index contributed by atoms with van der Waals surface area (Å²) >= 11 is 0. The second-order valence-electron chi connectivity index (χ2n) is 6.81. The molecule has 0 radical (unpaired) electrons. The van der Waals surface area contributed by atoms with Crippen molar-refractivity contribution in [3.63, 3.8) is 0 Å². The van der Waals surface area contributed by atoms with E-state index in [9.17, 15) is 0 Å². The van der Waals surface area contributed by atoms with E-state index in [1.54, 1.807) is 0 Å². The Labute approximate surface area is 172 Å². The molecule has 0 amide bonds.